The summed E-state index contributed by atoms with van der Waals surface area (Å²) in [5.41, 5.74) is 0.579. The van der Waals surface area contributed by atoms with Crippen molar-refractivity contribution in [2.24, 2.45) is 0 Å². The van der Waals surface area contributed by atoms with Gasteiger partial charge in [-0.15, -0.1) is 0 Å². The minimum Gasteiger partial charge on any atom is -0.462 e. The van der Waals surface area contributed by atoms with Gasteiger partial charge in [-0.05, 0) is 13.0 Å². The summed E-state index contributed by atoms with van der Waals surface area (Å²) < 4.78 is 4.83. The normalized spacial score (nSPS) is 19.2. The average Bonchev–Trinajstić information content (AvgIpc) is 2.30. The largest absolute Gasteiger partial charge is 0.462 e. The second-order valence-corrected chi connectivity index (χ2v) is 3.34. The Hall–Kier alpha value is -1.84. The molecule has 1 unspecified atom stereocenters. The molecule has 3 N–H and O–H groups in total. The molecule has 0 amide bonds. The Morgan fingerprint density at radius 1 is 1.71 bits per heavy atom. The van der Waals surface area contributed by atoms with Crippen molar-refractivity contribution in [2.45, 2.75) is 19.6 Å². The number of dihydropyridines is 1. The molecular weight excluding hydrogens is 224 g/mol. The molecular formula is C11H14N2O4. The van der Waals surface area contributed by atoms with E-state index in [1.54, 1.807) is 13.0 Å². The van der Waals surface area contributed by atoms with Gasteiger partial charge in [0.1, 0.15) is 0 Å². The van der Waals surface area contributed by atoms with Crippen molar-refractivity contribution in [2.75, 3.05) is 13.2 Å². The fraction of sp³-hybridized carbons (Fsp3) is 0.455. The number of aliphatic hydroxyl groups excluding tert-OH is 2. The summed E-state index contributed by atoms with van der Waals surface area (Å²) in [6.45, 7) is 1.71. The van der Waals surface area contributed by atoms with Crippen LogP contribution in [0.4, 0.5) is 0 Å². The Kier molecular flexibility index (Phi) is 4.69. The number of rotatable bonds is 4. The highest BCUT2D eigenvalue weighted by Gasteiger charge is 2.24. The maximum atomic E-state index is 11.6. The van der Waals surface area contributed by atoms with Gasteiger partial charge in [-0.3, -0.25) is 0 Å². The molecule has 0 aliphatic carbocycles. The highest BCUT2D eigenvalue weighted by molar-refractivity contribution is 5.93. The first-order valence-corrected chi connectivity index (χ1v) is 5.21. The maximum Gasteiger partial charge on any atom is 0.339 e. The van der Waals surface area contributed by atoms with Gasteiger partial charge in [0.2, 0.25) is 0 Å². The van der Waals surface area contributed by atoms with E-state index in [0.29, 0.717) is 5.70 Å². The fourth-order valence-electron chi connectivity index (χ4n) is 1.45. The number of nitrogens with zero attached hydrogens (tertiary/aromatic N) is 1. The lowest BCUT2D eigenvalue weighted by Gasteiger charge is -2.22. The molecule has 1 rings (SSSR count). The Morgan fingerprint density at radius 2 is 2.41 bits per heavy atom. The maximum absolute atomic E-state index is 11.6. The predicted octanol–water partition coefficient (Wildman–Crippen LogP) is -0.442. The third-order valence-corrected chi connectivity index (χ3v) is 2.22. The Bertz CT molecular complexity index is 406. The molecule has 1 atom stereocenters. The van der Waals surface area contributed by atoms with Crippen LogP contribution in [0.1, 0.15) is 13.3 Å². The van der Waals surface area contributed by atoms with E-state index in [9.17, 15) is 9.90 Å². The lowest BCUT2D eigenvalue weighted by Crippen LogP contribution is -2.35. The number of hydrogen-bond donors (Lipinski definition) is 3. The van der Waals surface area contributed by atoms with E-state index in [4.69, 9.17) is 15.1 Å². The summed E-state index contributed by atoms with van der Waals surface area (Å²) in [5, 5.41) is 29.7. The van der Waals surface area contributed by atoms with Gasteiger partial charge in [0.25, 0.3) is 0 Å². The van der Waals surface area contributed by atoms with Crippen LogP contribution in [0.25, 0.3) is 0 Å². The predicted molar refractivity (Wildman–Crippen MR) is 58.2 cm³/mol. The summed E-state index contributed by atoms with van der Waals surface area (Å²) in [5.74, 6) is -0.580. The molecule has 0 aromatic rings. The lowest BCUT2D eigenvalue weighted by atomic mass is 10.0. The number of nitriles is 1. The molecule has 6 nitrogen and oxygen atoms in total. The lowest BCUT2D eigenvalue weighted by molar-refractivity contribution is -0.138. The van der Waals surface area contributed by atoms with Crippen molar-refractivity contribution >= 4 is 5.97 Å². The van der Waals surface area contributed by atoms with E-state index < -0.39 is 12.2 Å². The van der Waals surface area contributed by atoms with Gasteiger partial charge in [-0.2, -0.15) is 5.26 Å². The zero-order valence-electron chi connectivity index (χ0n) is 9.43. The number of hydrogen-bond acceptors (Lipinski definition) is 6. The van der Waals surface area contributed by atoms with Gasteiger partial charge >= 0.3 is 5.97 Å². The second kappa shape index (κ2) is 6.03. The quantitative estimate of drug-likeness (QED) is 0.574. The number of carbonyl (C=O) groups excluding carboxylic acids is 1. The third-order valence-electron chi connectivity index (χ3n) is 2.22. The first-order chi connectivity index (χ1) is 8.13. The van der Waals surface area contributed by atoms with Crippen LogP contribution in [0.15, 0.2) is 22.9 Å². The Labute approximate surface area is 98.8 Å². The van der Waals surface area contributed by atoms with Crippen LogP contribution in [0, 0.1) is 11.3 Å². The third kappa shape index (κ3) is 3.06. The van der Waals surface area contributed by atoms with Crippen molar-refractivity contribution in [3.63, 3.8) is 0 Å². The van der Waals surface area contributed by atoms with Crippen LogP contribution in [-0.4, -0.2) is 35.6 Å². The van der Waals surface area contributed by atoms with E-state index in [1.165, 1.54) is 6.08 Å². The Balaban J connectivity index is 3.07. The molecule has 6 heteroatoms. The topological polar surface area (TPSA) is 103 Å². The summed E-state index contributed by atoms with van der Waals surface area (Å²) in [6, 6.07) is 1.79. The number of esters is 1. The van der Waals surface area contributed by atoms with Crippen molar-refractivity contribution in [1.82, 2.24) is 5.32 Å². The van der Waals surface area contributed by atoms with Crippen LogP contribution < -0.4 is 5.32 Å². The molecule has 17 heavy (non-hydrogen) atoms. The molecule has 1 heterocycles. The molecule has 0 aromatic carbocycles. The number of nitrogens with one attached hydrogen (secondary N) is 1. The van der Waals surface area contributed by atoms with Crippen molar-refractivity contribution in [1.29, 1.82) is 5.26 Å². The van der Waals surface area contributed by atoms with Crippen molar-refractivity contribution < 1.29 is 19.7 Å². The van der Waals surface area contributed by atoms with E-state index in [1.807, 2.05) is 0 Å². The van der Waals surface area contributed by atoms with Gasteiger partial charge in [0, 0.05) is 18.7 Å². The van der Waals surface area contributed by atoms with Gasteiger partial charge in [0.05, 0.1) is 23.8 Å². The summed E-state index contributed by atoms with van der Waals surface area (Å²) in [7, 11) is 0. The van der Waals surface area contributed by atoms with E-state index in [2.05, 4.69) is 5.32 Å². The molecule has 0 radical (unpaired) electrons. The van der Waals surface area contributed by atoms with Gasteiger partial charge in [0.15, 0.2) is 6.23 Å². The standard InChI is InChI=1S/C11H14N2O4/c1-2-17-11(16)8-5-7(6-12)10(15)13-9(8)3-4-14/h5,10,13-15H,2-4H2,1H3. The van der Waals surface area contributed by atoms with Gasteiger partial charge in [-0.1, -0.05) is 0 Å². The zero-order chi connectivity index (χ0) is 12.8. The number of ether oxygens (including phenoxy) is 1. The van der Waals surface area contributed by atoms with Crippen LogP contribution >= 0.6 is 0 Å². The van der Waals surface area contributed by atoms with Crippen LogP contribution in [0.5, 0.6) is 0 Å². The Morgan fingerprint density at radius 3 is 2.94 bits per heavy atom. The molecule has 0 spiro atoms. The van der Waals surface area contributed by atoms with Gasteiger partial charge in [-0.25, -0.2) is 4.79 Å². The molecule has 0 saturated carbocycles. The van der Waals surface area contributed by atoms with Crippen molar-refractivity contribution in [3.8, 4) is 6.07 Å². The van der Waals surface area contributed by atoms with Gasteiger partial charge < -0.3 is 20.3 Å². The fourth-order valence-corrected chi connectivity index (χ4v) is 1.45. The molecule has 0 bridgehead atoms. The van der Waals surface area contributed by atoms with E-state index >= 15 is 0 Å². The van der Waals surface area contributed by atoms with E-state index in [0.717, 1.165) is 0 Å². The molecule has 1 aliphatic heterocycles. The van der Waals surface area contributed by atoms with Crippen LogP contribution in [0.2, 0.25) is 0 Å². The summed E-state index contributed by atoms with van der Waals surface area (Å²) in [6.07, 6.45) is 0.310. The second-order valence-electron chi connectivity index (χ2n) is 3.34. The molecule has 0 fully saturated rings. The number of carbonyl (C=O) groups is 1. The number of aliphatic hydroxyl groups is 2. The van der Waals surface area contributed by atoms with E-state index in [-0.39, 0.29) is 30.8 Å². The zero-order valence-corrected chi connectivity index (χ0v) is 9.43. The summed E-state index contributed by atoms with van der Waals surface area (Å²) >= 11 is 0. The summed E-state index contributed by atoms with van der Waals surface area (Å²) in [4.78, 5) is 11.6. The monoisotopic (exact) mass is 238 g/mol. The molecule has 0 saturated heterocycles. The highest BCUT2D eigenvalue weighted by Crippen LogP contribution is 2.19. The van der Waals surface area contributed by atoms with Crippen LogP contribution in [0.3, 0.4) is 0 Å². The molecule has 92 valence electrons. The first kappa shape index (κ1) is 13.2. The minimum atomic E-state index is -1.15. The van der Waals surface area contributed by atoms with Crippen LogP contribution in [-0.2, 0) is 9.53 Å². The molecule has 1 aliphatic rings. The average molecular weight is 238 g/mol. The first-order valence-electron chi connectivity index (χ1n) is 5.21. The highest BCUT2D eigenvalue weighted by atomic mass is 16.5. The SMILES string of the molecule is CCOC(=O)C1=C(CCO)NC(O)C(C#N)=C1. The smallest absolute Gasteiger partial charge is 0.339 e. The molecule has 0 aromatic heterocycles. The van der Waals surface area contributed by atoms with Crippen molar-refractivity contribution in [3.05, 3.63) is 22.9 Å². The minimum absolute atomic E-state index is 0.0368.